The van der Waals surface area contributed by atoms with Crippen molar-refractivity contribution in [2.45, 2.75) is 40.0 Å². The molecule has 24 heavy (non-hydrogen) atoms. The van der Waals surface area contributed by atoms with Crippen LogP contribution < -0.4 is 11.1 Å². The summed E-state index contributed by atoms with van der Waals surface area (Å²) in [5.41, 5.74) is 6.94. The molecule has 6 nitrogen and oxygen atoms in total. The van der Waals surface area contributed by atoms with E-state index in [1.165, 1.54) is 11.3 Å². The number of nitrogens with two attached hydrogens (primary N) is 1. The highest BCUT2D eigenvalue weighted by molar-refractivity contribution is 7.16. The van der Waals surface area contributed by atoms with Gasteiger partial charge in [0.1, 0.15) is 16.6 Å². The van der Waals surface area contributed by atoms with Gasteiger partial charge in [-0.3, -0.25) is 4.79 Å². The summed E-state index contributed by atoms with van der Waals surface area (Å²) in [4.78, 5) is 24.9. The van der Waals surface area contributed by atoms with E-state index in [0.717, 1.165) is 29.7 Å². The second kappa shape index (κ2) is 7.49. The lowest BCUT2D eigenvalue weighted by Crippen LogP contribution is -2.17. The van der Waals surface area contributed by atoms with Gasteiger partial charge >= 0.3 is 5.97 Å². The van der Waals surface area contributed by atoms with E-state index in [-0.39, 0.29) is 11.5 Å². The molecule has 1 unspecified atom stereocenters. The summed E-state index contributed by atoms with van der Waals surface area (Å²) in [5.74, 6) is -0.608. The molecule has 3 N–H and O–H groups in total. The predicted octanol–water partition coefficient (Wildman–Crippen LogP) is 2.74. The minimum atomic E-state index is -0.796. The number of hydrogen-bond donors (Lipinski definition) is 2. The van der Waals surface area contributed by atoms with Gasteiger partial charge in [0.2, 0.25) is 0 Å². The van der Waals surface area contributed by atoms with Crippen LogP contribution in [-0.2, 0) is 22.4 Å². The highest BCUT2D eigenvalue weighted by Crippen LogP contribution is 2.40. The number of ether oxygens (including phenoxy) is 1. The second-order valence-corrected chi connectivity index (χ2v) is 6.98. The molecule has 1 aliphatic rings. The van der Waals surface area contributed by atoms with Gasteiger partial charge in [-0.15, -0.1) is 11.3 Å². The number of nitrogens with one attached hydrogen (secondary N) is 1. The molecular formula is C17H21N3O3S. The SMILES string of the molecule is CCOC(=O)c1c(N/C(C)=C(\C#N)C(N)=O)sc2c1CCC(C)C2. The van der Waals surface area contributed by atoms with Crippen molar-refractivity contribution in [3.63, 3.8) is 0 Å². The molecule has 0 saturated carbocycles. The number of fused-ring (bicyclic) bond motifs is 1. The Labute approximate surface area is 145 Å². The highest BCUT2D eigenvalue weighted by Gasteiger charge is 2.28. The van der Waals surface area contributed by atoms with Crippen molar-refractivity contribution >= 4 is 28.2 Å². The summed E-state index contributed by atoms with van der Waals surface area (Å²) in [6, 6.07) is 1.80. The Kier molecular flexibility index (Phi) is 5.62. The van der Waals surface area contributed by atoms with Crippen LogP contribution in [0.1, 0.15) is 48.0 Å². The molecule has 2 rings (SSSR count). The molecule has 1 atom stereocenters. The first kappa shape index (κ1) is 18.0. The molecule has 0 aliphatic heterocycles. The lowest BCUT2D eigenvalue weighted by molar-refractivity contribution is -0.114. The van der Waals surface area contributed by atoms with Crippen molar-refractivity contribution in [2.24, 2.45) is 11.7 Å². The zero-order chi connectivity index (χ0) is 17.9. The van der Waals surface area contributed by atoms with Gasteiger partial charge in [-0.2, -0.15) is 5.26 Å². The number of anilines is 1. The maximum Gasteiger partial charge on any atom is 0.341 e. The number of rotatable bonds is 5. The minimum absolute atomic E-state index is 0.149. The second-order valence-electron chi connectivity index (χ2n) is 5.88. The van der Waals surface area contributed by atoms with E-state index in [1.807, 2.05) is 0 Å². The fraction of sp³-hybridized carbons (Fsp3) is 0.471. The first-order chi connectivity index (χ1) is 11.4. The summed E-state index contributed by atoms with van der Waals surface area (Å²) < 4.78 is 5.19. The smallest absolute Gasteiger partial charge is 0.341 e. The standard InChI is InChI=1S/C17H21N3O3S/c1-4-23-17(22)14-11-6-5-9(2)7-13(11)24-16(14)20-10(3)12(8-18)15(19)21/h9,20H,4-7H2,1-3H3,(H2,19,21)/b12-10+. The third-order valence-corrected chi connectivity index (χ3v) is 5.20. The normalized spacial score (nSPS) is 17.3. The zero-order valence-corrected chi connectivity index (χ0v) is 14.9. The van der Waals surface area contributed by atoms with Crippen LogP contribution in [0.3, 0.4) is 0 Å². The maximum absolute atomic E-state index is 12.4. The van der Waals surface area contributed by atoms with Crippen LogP contribution in [0.4, 0.5) is 5.00 Å². The third kappa shape index (κ3) is 3.60. The number of carbonyl (C=O) groups excluding carboxylic acids is 2. The lowest BCUT2D eigenvalue weighted by atomic mass is 9.88. The molecule has 0 bridgehead atoms. The molecule has 0 saturated heterocycles. The average molecular weight is 347 g/mol. The number of esters is 1. The van der Waals surface area contributed by atoms with E-state index in [9.17, 15) is 9.59 Å². The average Bonchev–Trinajstić information content (AvgIpc) is 2.84. The number of nitriles is 1. The topological polar surface area (TPSA) is 105 Å². The first-order valence-electron chi connectivity index (χ1n) is 7.88. The number of amides is 1. The molecule has 128 valence electrons. The number of primary amides is 1. The van der Waals surface area contributed by atoms with Crippen molar-refractivity contribution in [3.8, 4) is 6.07 Å². The van der Waals surface area contributed by atoms with Crippen molar-refractivity contribution in [3.05, 3.63) is 27.3 Å². The van der Waals surface area contributed by atoms with Gasteiger partial charge in [-0.05, 0) is 44.6 Å². The van der Waals surface area contributed by atoms with Crippen LogP contribution in [-0.4, -0.2) is 18.5 Å². The predicted molar refractivity (Wildman–Crippen MR) is 92.6 cm³/mol. The summed E-state index contributed by atoms with van der Waals surface area (Å²) in [5, 5.41) is 12.7. The van der Waals surface area contributed by atoms with Crippen LogP contribution in [0.15, 0.2) is 11.3 Å². The Morgan fingerprint density at radius 2 is 2.21 bits per heavy atom. The number of allylic oxidation sites excluding steroid dienone is 1. The molecule has 1 aromatic rings. The molecule has 0 radical (unpaired) electrons. The highest BCUT2D eigenvalue weighted by atomic mass is 32.1. The number of hydrogen-bond acceptors (Lipinski definition) is 6. The molecule has 0 fully saturated rings. The van der Waals surface area contributed by atoms with Gasteiger partial charge in [0.05, 0.1) is 12.2 Å². The lowest BCUT2D eigenvalue weighted by Gasteiger charge is -2.18. The number of nitrogens with zero attached hydrogens (tertiary/aromatic N) is 1. The van der Waals surface area contributed by atoms with Gasteiger partial charge in [0.15, 0.2) is 0 Å². The van der Waals surface area contributed by atoms with Crippen LogP contribution in [0, 0.1) is 17.2 Å². The van der Waals surface area contributed by atoms with Gasteiger partial charge < -0.3 is 15.8 Å². The molecule has 1 aliphatic carbocycles. The van der Waals surface area contributed by atoms with E-state index < -0.39 is 5.91 Å². The molecular weight excluding hydrogens is 326 g/mol. The molecule has 1 heterocycles. The number of thiophene rings is 1. The summed E-state index contributed by atoms with van der Waals surface area (Å²) in [6.07, 6.45) is 2.76. The Morgan fingerprint density at radius 1 is 1.50 bits per heavy atom. The third-order valence-electron chi connectivity index (χ3n) is 4.03. The Morgan fingerprint density at radius 3 is 2.79 bits per heavy atom. The molecule has 1 aromatic heterocycles. The summed E-state index contributed by atoms with van der Waals surface area (Å²) in [6.45, 7) is 5.84. The van der Waals surface area contributed by atoms with E-state index >= 15 is 0 Å². The number of carbonyl (C=O) groups is 2. The molecule has 0 spiro atoms. The molecule has 0 aromatic carbocycles. The van der Waals surface area contributed by atoms with Crippen molar-refractivity contribution in [1.29, 1.82) is 5.26 Å². The maximum atomic E-state index is 12.4. The van der Waals surface area contributed by atoms with Crippen molar-refractivity contribution in [2.75, 3.05) is 11.9 Å². The summed E-state index contributed by atoms with van der Waals surface area (Å²) in [7, 11) is 0. The van der Waals surface area contributed by atoms with Crippen molar-refractivity contribution in [1.82, 2.24) is 0 Å². The summed E-state index contributed by atoms with van der Waals surface area (Å²) >= 11 is 1.48. The molecule has 7 heteroatoms. The monoisotopic (exact) mass is 347 g/mol. The Bertz CT molecular complexity index is 743. The fourth-order valence-electron chi connectivity index (χ4n) is 2.81. The van der Waals surface area contributed by atoms with Crippen LogP contribution in [0.5, 0.6) is 0 Å². The Balaban J connectivity index is 2.48. The van der Waals surface area contributed by atoms with E-state index in [4.69, 9.17) is 15.7 Å². The van der Waals surface area contributed by atoms with E-state index in [1.54, 1.807) is 19.9 Å². The van der Waals surface area contributed by atoms with Gasteiger partial charge in [-0.1, -0.05) is 6.92 Å². The van der Waals surface area contributed by atoms with Gasteiger partial charge in [0, 0.05) is 10.6 Å². The van der Waals surface area contributed by atoms with E-state index in [0.29, 0.717) is 28.8 Å². The minimum Gasteiger partial charge on any atom is -0.462 e. The van der Waals surface area contributed by atoms with Crippen LogP contribution in [0.25, 0.3) is 0 Å². The first-order valence-corrected chi connectivity index (χ1v) is 8.70. The van der Waals surface area contributed by atoms with E-state index in [2.05, 4.69) is 12.2 Å². The quantitative estimate of drug-likeness (QED) is 0.484. The Hall–Kier alpha value is -2.33. The van der Waals surface area contributed by atoms with Crippen molar-refractivity contribution < 1.29 is 14.3 Å². The van der Waals surface area contributed by atoms with Crippen LogP contribution in [0.2, 0.25) is 0 Å². The zero-order valence-electron chi connectivity index (χ0n) is 14.1. The van der Waals surface area contributed by atoms with Gasteiger partial charge in [0.25, 0.3) is 5.91 Å². The van der Waals surface area contributed by atoms with Crippen LogP contribution >= 0.6 is 11.3 Å². The van der Waals surface area contributed by atoms with Gasteiger partial charge in [-0.25, -0.2) is 4.79 Å². The largest absolute Gasteiger partial charge is 0.462 e. The fourth-order valence-corrected chi connectivity index (χ4v) is 4.27. The molecule has 1 amide bonds.